The molecule has 0 radical (unpaired) electrons. The Balaban J connectivity index is 1.48. The second kappa shape index (κ2) is 8.22. The average molecular weight is 320 g/mol. The van der Waals surface area contributed by atoms with Crippen molar-refractivity contribution in [3.63, 3.8) is 0 Å². The van der Waals surface area contributed by atoms with Crippen molar-refractivity contribution >= 4 is 0 Å². The fourth-order valence-corrected chi connectivity index (χ4v) is 2.43. The molecule has 0 saturated carbocycles. The van der Waals surface area contributed by atoms with Gasteiger partial charge in [-0.1, -0.05) is 24.3 Å². The van der Waals surface area contributed by atoms with E-state index < -0.39 is 6.10 Å². The number of pyridine rings is 2. The number of rotatable bonds is 7. The standard InChI is InChI=1S/C20H20N2O2/c23-19(8-5-16-3-1-11-21-13-16)15-24-20-9-6-17(7-10-20)18-4-2-12-22-14-18/h1-4,6-7,9-14,19,23H,5,8,15H2. The summed E-state index contributed by atoms with van der Waals surface area (Å²) in [6.45, 7) is 0.284. The molecule has 4 nitrogen and oxygen atoms in total. The van der Waals surface area contributed by atoms with Crippen LogP contribution in [0.5, 0.6) is 5.75 Å². The van der Waals surface area contributed by atoms with Crippen LogP contribution in [0.15, 0.2) is 73.3 Å². The van der Waals surface area contributed by atoms with Gasteiger partial charge in [0.2, 0.25) is 0 Å². The lowest BCUT2D eigenvalue weighted by molar-refractivity contribution is 0.100. The first-order chi connectivity index (χ1) is 11.8. The maximum atomic E-state index is 10.1. The highest BCUT2D eigenvalue weighted by molar-refractivity contribution is 5.62. The molecule has 0 aliphatic heterocycles. The molecule has 1 unspecified atom stereocenters. The molecule has 0 spiro atoms. The van der Waals surface area contributed by atoms with E-state index in [0.29, 0.717) is 6.42 Å². The third-order valence-corrected chi connectivity index (χ3v) is 3.78. The van der Waals surface area contributed by atoms with Gasteiger partial charge in [-0.05, 0) is 53.8 Å². The zero-order chi connectivity index (χ0) is 16.6. The predicted molar refractivity (Wildman–Crippen MR) is 93.7 cm³/mol. The molecule has 2 aromatic heterocycles. The van der Waals surface area contributed by atoms with Gasteiger partial charge in [-0.25, -0.2) is 0 Å². The third kappa shape index (κ3) is 4.64. The Morgan fingerprint density at radius 3 is 2.29 bits per heavy atom. The molecular weight excluding hydrogens is 300 g/mol. The fourth-order valence-electron chi connectivity index (χ4n) is 2.43. The van der Waals surface area contributed by atoms with Crippen LogP contribution in [-0.2, 0) is 6.42 Å². The van der Waals surface area contributed by atoms with Gasteiger partial charge >= 0.3 is 0 Å². The minimum absolute atomic E-state index is 0.284. The van der Waals surface area contributed by atoms with Crippen molar-refractivity contribution in [3.8, 4) is 16.9 Å². The SMILES string of the molecule is OC(CCc1cccnc1)COc1ccc(-c2cccnc2)cc1. The summed E-state index contributed by atoms with van der Waals surface area (Å²) in [7, 11) is 0. The second-order valence-electron chi connectivity index (χ2n) is 5.63. The number of hydrogen-bond acceptors (Lipinski definition) is 4. The lowest BCUT2D eigenvalue weighted by Gasteiger charge is -2.12. The molecule has 0 amide bonds. The first-order valence-electron chi connectivity index (χ1n) is 8.01. The van der Waals surface area contributed by atoms with E-state index in [1.807, 2.05) is 60.9 Å². The van der Waals surface area contributed by atoms with Gasteiger partial charge in [0.05, 0.1) is 6.10 Å². The van der Waals surface area contributed by atoms with Crippen LogP contribution in [0.25, 0.3) is 11.1 Å². The third-order valence-electron chi connectivity index (χ3n) is 3.78. The van der Waals surface area contributed by atoms with Gasteiger partial charge in [-0.2, -0.15) is 0 Å². The minimum Gasteiger partial charge on any atom is -0.491 e. The summed E-state index contributed by atoms with van der Waals surface area (Å²) in [6, 6.07) is 15.7. The second-order valence-corrected chi connectivity index (χ2v) is 5.63. The van der Waals surface area contributed by atoms with E-state index in [0.717, 1.165) is 28.9 Å². The summed E-state index contributed by atoms with van der Waals surface area (Å²) in [5.74, 6) is 0.753. The van der Waals surface area contributed by atoms with Crippen molar-refractivity contribution in [1.82, 2.24) is 9.97 Å². The Morgan fingerprint density at radius 2 is 1.62 bits per heavy atom. The molecule has 3 aromatic rings. The van der Waals surface area contributed by atoms with Crippen LogP contribution in [-0.4, -0.2) is 27.8 Å². The Kier molecular flexibility index (Phi) is 5.53. The van der Waals surface area contributed by atoms with E-state index in [-0.39, 0.29) is 6.61 Å². The maximum Gasteiger partial charge on any atom is 0.119 e. The van der Waals surface area contributed by atoms with Crippen LogP contribution in [0.2, 0.25) is 0 Å². The molecule has 0 aliphatic carbocycles. The van der Waals surface area contributed by atoms with Crippen molar-refractivity contribution < 1.29 is 9.84 Å². The van der Waals surface area contributed by atoms with Crippen LogP contribution in [0.4, 0.5) is 0 Å². The molecule has 0 saturated heterocycles. The minimum atomic E-state index is -0.497. The maximum absolute atomic E-state index is 10.1. The van der Waals surface area contributed by atoms with E-state index >= 15 is 0 Å². The van der Waals surface area contributed by atoms with Gasteiger partial charge in [0.15, 0.2) is 0 Å². The van der Waals surface area contributed by atoms with Gasteiger partial charge in [0.25, 0.3) is 0 Å². The number of benzene rings is 1. The lowest BCUT2D eigenvalue weighted by atomic mass is 10.1. The monoisotopic (exact) mass is 320 g/mol. The van der Waals surface area contributed by atoms with Crippen molar-refractivity contribution in [2.45, 2.75) is 18.9 Å². The van der Waals surface area contributed by atoms with Gasteiger partial charge in [0, 0.05) is 24.8 Å². The summed E-state index contributed by atoms with van der Waals surface area (Å²) < 4.78 is 5.67. The van der Waals surface area contributed by atoms with E-state index in [9.17, 15) is 5.11 Å². The van der Waals surface area contributed by atoms with E-state index in [2.05, 4.69) is 9.97 Å². The fraction of sp³-hybridized carbons (Fsp3) is 0.200. The topological polar surface area (TPSA) is 55.2 Å². The molecule has 122 valence electrons. The Morgan fingerprint density at radius 1 is 0.875 bits per heavy atom. The molecular formula is C20H20N2O2. The molecule has 1 aromatic carbocycles. The highest BCUT2D eigenvalue weighted by Crippen LogP contribution is 2.21. The van der Waals surface area contributed by atoms with Crippen molar-refractivity contribution in [2.24, 2.45) is 0 Å². The molecule has 0 fully saturated rings. The van der Waals surface area contributed by atoms with Gasteiger partial charge in [0.1, 0.15) is 12.4 Å². The van der Waals surface area contributed by atoms with Crippen LogP contribution >= 0.6 is 0 Å². The number of aliphatic hydroxyl groups excluding tert-OH is 1. The Bertz CT molecular complexity index is 731. The van der Waals surface area contributed by atoms with Crippen molar-refractivity contribution in [2.75, 3.05) is 6.61 Å². The van der Waals surface area contributed by atoms with Gasteiger partial charge in [-0.15, -0.1) is 0 Å². The zero-order valence-electron chi connectivity index (χ0n) is 13.4. The highest BCUT2D eigenvalue weighted by Gasteiger charge is 2.06. The Hall–Kier alpha value is -2.72. The number of nitrogens with zero attached hydrogens (tertiary/aromatic N) is 2. The summed E-state index contributed by atoms with van der Waals surface area (Å²) >= 11 is 0. The molecule has 4 heteroatoms. The summed E-state index contributed by atoms with van der Waals surface area (Å²) in [5.41, 5.74) is 3.28. The summed E-state index contributed by atoms with van der Waals surface area (Å²) in [4.78, 5) is 8.19. The van der Waals surface area contributed by atoms with Crippen LogP contribution < -0.4 is 4.74 Å². The number of aliphatic hydroxyl groups is 1. The molecule has 3 rings (SSSR count). The average Bonchev–Trinajstić information content (AvgIpc) is 2.67. The predicted octanol–water partition coefficient (Wildman–Crippen LogP) is 3.52. The molecule has 1 N–H and O–H groups in total. The number of hydrogen-bond donors (Lipinski definition) is 1. The molecule has 0 bridgehead atoms. The largest absolute Gasteiger partial charge is 0.491 e. The van der Waals surface area contributed by atoms with E-state index in [4.69, 9.17) is 4.74 Å². The number of aryl methyl sites for hydroxylation is 1. The highest BCUT2D eigenvalue weighted by atomic mass is 16.5. The molecule has 24 heavy (non-hydrogen) atoms. The van der Waals surface area contributed by atoms with Crippen molar-refractivity contribution in [1.29, 1.82) is 0 Å². The molecule has 1 atom stereocenters. The zero-order valence-corrected chi connectivity index (χ0v) is 13.4. The Labute approximate surface area is 141 Å². The molecule has 2 heterocycles. The first kappa shape index (κ1) is 16.1. The van der Waals surface area contributed by atoms with Crippen molar-refractivity contribution in [3.05, 3.63) is 78.9 Å². The smallest absolute Gasteiger partial charge is 0.119 e. The normalized spacial score (nSPS) is 11.9. The van der Waals surface area contributed by atoms with Gasteiger partial charge < -0.3 is 9.84 Å². The molecule has 0 aliphatic rings. The van der Waals surface area contributed by atoms with E-state index in [1.165, 1.54) is 0 Å². The van der Waals surface area contributed by atoms with Crippen LogP contribution in [0.3, 0.4) is 0 Å². The van der Waals surface area contributed by atoms with Gasteiger partial charge in [-0.3, -0.25) is 9.97 Å². The van der Waals surface area contributed by atoms with Crippen LogP contribution in [0.1, 0.15) is 12.0 Å². The quantitative estimate of drug-likeness (QED) is 0.724. The summed E-state index contributed by atoms with van der Waals surface area (Å²) in [5, 5.41) is 10.1. The van der Waals surface area contributed by atoms with Crippen LogP contribution in [0, 0.1) is 0 Å². The first-order valence-corrected chi connectivity index (χ1v) is 8.01. The number of ether oxygens (including phenoxy) is 1. The summed E-state index contributed by atoms with van der Waals surface area (Å²) in [6.07, 6.45) is 8.11. The van der Waals surface area contributed by atoms with E-state index in [1.54, 1.807) is 12.4 Å². The number of aromatic nitrogens is 2. The lowest BCUT2D eigenvalue weighted by Crippen LogP contribution is -2.18.